The van der Waals surface area contributed by atoms with Crippen molar-refractivity contribution in [3.63, 3.8) is 0 Å². The van der Waals surface area contributed by atoms with Crippen LogP contribution in [0.4, 0.5) is 4.79 Å². The van der Waals surface area contributed by atoms with E-state index in [9.17, 15) is 9.59 Å². The van der Waals surface area contributed by atoms with Crippen LogP contribution in [0.1, 0.15) is 47.8 Å². The lowest BCUT2D eigenvalue weighted by molar-refractivity contribution is 0.134. The summed E-state index contributed by atoms with van der Waals surface area (Å²) in [7, 11) is 0. The molecule has 3 aromatic rings. The number of ether oxygens (including phenoxy) is 1. The van der Waals surface area contributed by atoms with E-state index in [0.717, 1.165) is 29.4 Å². The van der Waals surface area contributed by atoms with Gasteiger partial charge in [0.25, 0.3) is 5.56 Å². The number of H-pyrrole nitrogens is 2. The Morgan fingerprint density at radius 2 is 2.00 bits per heavy atom. The molecule has 3 N–H and O–H groups in total. The second kappa shape index (κ2) is 8.41. The summed E-state index contributed by atoms with van der Waals surface area (Å²) >= 11 is 0. The lowest BCUT2D eigenvalue weighted by atomic mass is 9.96. The van der Waals surface area contributed by atoms with Crippen molar-refractivity contribution in [1.29, 1.82) is 0 Å². The van der Waals surface area contributed by atoms with E-state index < -0.39 is 0 Å². The van der Waals surface area contributed by atoms with Crippen LogP contribution in [0.25, 0.3) is 22.1 Å². The number of nitrogens with zero attached hydrogens (tertiary/aromatic N) is 2. The molecule has 0 aromatic carbocycles. The highest BCUT2D eigenvalue weighted by atomic mass is 16.5. The van der Waals surface area contributed by atoms with Gasteiger partial charge in [-0.1, -0.05) is 19.3 Å². The number of alkyl carbamates (subject to hydrolysis) is 1. The smallest absolute Gasteiger partial charge is 0.407 e. The fourth-order valence-corrected chi connectivity index (χ4v) is 3.44. The fourth-order valence-electron chi connectivity index (χ4n) is 3.44. The molecule has 152 valence electrons. The Labute approximate surface area is 165 Å². The van der Waals surface area contributed by atoms with E-state index in [1.54, 1.807) is 12.4 Å². The predicted molar refractivity (Wildman–Crippen MR) is 110 cm³/mol. The predicted octanol–water partition coefficient (Wildman–Crippen LogP) is 3.75. The first-order valence-corrected chi connectivity index (χ1v) is 9.93. The van der Waals surface area contributed by atoms with Gasteiger partial charge in [-0.05, 0) is 37.7 Å². The van der Waals surface area contributed by atoms with Crippen LogP contribution in [0.5, 0.6) is 0 Å². The zero-order chi connectivity index (χ0) is 19.3. The maximum absolute atomic E-state index is 11.3. The lowest BCUT2D eigenvalue weighted by Crippen LogP contribution is -2.36. The highest BCUT2D eigenvalue weighted by molar-refractivity contribution is 5.99. The highest BCUT2D eigenvalue weighted by Gasteiger charge is 2.24. The number of nitrogens with one attached hydrogen (secondary N) is 3. The quantitative estimate of drug-likeness (QED) is 0.633. The number of hydrogen-bond acceptors (Lipinski definition) is 5. The Kier molecular flexibility index (Phi) is 5.55. The molecule has 2 fully saturated rings. The third kappa shape index (κ3) is 4.68. The Bertz CT molecular complexity index is 1010. The van der Waals surface area contributed by atoms with E-state index in [1.807, 2.05) is 6.07 Å². The molecular weight excluding hydrogens is 358 g/mol. The Morgan fingerprint density at radius 3 is 2.79 bits per heavy atom. The molecule has 8 nitrogen and oxygen atoms in total. The molecule has 28 heavy (non-hydrogen) atoms. The summed E-state index contributed by atoms with van der Waals surface area (Å²) in [5.74, 6) is 0.659. The van der Waals surface area contributed by atoms with Crippen molar-refractivity contribution < 1.29 is 12.4 Å². The number of aromatic amines is 2. The Hall–Kier alpha value is -2.90. The van der Waals surface area contributed by atoms with Crippen molar-refractivity contribution in [2.24, 2.45) is 5.92 Å². The molecule has 0 saturated heterocycles. The largest absolute Gasteiger partial charge is 0.449 e. The molecule has 3 aromatic heterocycles. The number of hydrogen-bond donors (Lipinski definition) is 3. The number of rotatable bonds is 3. The van der Waals surface area contributed by atoms with Crippen LogP contribution in [-0.4, -0.2) is 38.7 Å². The maximum atomic E-state index is 11.3. The van der Waals surface area contributed by atoms with Crippen molar-refractivity contribution in [3.8, 4) is 0 Å². The van der Waals surface area contributed by atoms with E-state index in [0.29, 0.717) is 24.1 Å². The molecule has 0 atom stereocenters. The van der Waals surface area contributed by atoms with Crippen molar-refractivity contribution >= 4 is 28.2 Å². The van der Waals surface area contributed by atoms with Gasteiger partial charge in [0.15, 0.2) is 0 Å². The molecule has 0 bridgehead atoms. The minimum Gasteiger partial charge on any atom is -0.449 e. The number of amides is 1. The first kappa shape index (κ1) is 18.5. The molecular formula is C20H29N5O3. The molecule has 2 aliphatic rings. The van der Waals surface area contributed by atoms with Crippen molar-refractivity contribution in [1.82, 2.24) is 25.3 Å². The molecule has 0 unspecified atom stereocenters. The Morgan fingerprint density at radius 1 is 1.18 bits per heavy atom. The van der Waals surface area contributed by atoms with Gasteiger partial charge in [0, 0.05) is 20.5 Å². The zero-order valence-electron chi connectivity index (χ0n) is 15.7. The monoisotopic (exact) mass is 387 g/mol. The molecule has 2 saturated carbocycles. The summed E-state index contributed by atoms with van der Waals surface area (Å²) < 4.78 is 5.12. The molecule has 5 rings (SSSR count). The maximum Gasteiger partial charge on any atom is 0.407 e. The molecule has 0 aliphatic heterocycles. The minimum absolute atomic E-state index is 0. The minimum atomic E-state index is -0.205. The molecule has 2 aliphatic carbocycles. The Balaban J connectivity index is 0.000000200. The van der Waals surface area contributed by atoms with Gasteiger partial charge in [-0.25, -0.2) is 14.8 Å². The third-order valence-electron chi connectivity index (χ3n) is 5.21. The van der Waals surface area contributed by atoms with E-state index in [4.69, 9.17) is 4.74 Å². The average Bonchev–Trinajstić information content (AvgIpc) is 3.42. The second-order valence-corrected chi connectivity index (χ2v) is 7.53. The topological polar surface area (TPSA) is 113 Å². The molecule has 0 radical (unpaired) electrons. The number of carbonyl (C=O) groups excluding carboxylic acids is 1. The van der Waals surface area contributed by atoms with Gasteiger partial charge in [-0.2, -0.15) is 0 Å². The average molecular weight is 387 g/mol. The van der Waals surface area contributed by atoms with Gasteiger partial charge in [0.1, 0.15) is 11.2 Å². The van der Waals surface area contributed by atoms with Gasteiger partial charge in [0.05, 0.1) is 24.5 Å². The van der Waals surface area contributed by atoms with Crippen LogP contribution < -0.4 is 10.9 Å². The van der Waals surface area contributed by atoms with Gasteiger partial charge in [-0.15, -0.1) is 0 Å². The standard InChI is InChI=1S/C11H19NO2.C9H6N4O.2H2/c13-11(14-8-9-6-7-9)12-10-4-2-1-3-5-10;14-7-4-11-6-3-12-9-5(1-2-10-9)8(6)13-7;;/h9-10H,1-8H2,(H,12,13);1-4H,(H,10,12)(H,13,14);2*1H. The molecule has 3 heterocycles. The van der Waals surface area contributed by atoms with E-state index in [-0.39, 0.29) is 14.5 Å². The first-order valence-electron chi connectivity index (χ1n) is 9.93. The summed E-state index contributed by atoms with van der Waals surface area (Å²) in [5, 5.41) is 3.82. The second-order valence-electron chi connectivity index (χ2n) is 7.53. The number of aromatic nitrogens is 4. The fraction of sp³-hybridized carbons (Fsp3) is 0.500. The molecule has 8 heteroatoms. The molecule has 1 amide bonds. The third-order valence-corrected chi connectivity index (χ3v) is 5.21. The SMILES string of the molecule is O=C(NC1CCCCC1)OCC1CC1.O=c1cnc2cnc3[nH]ccc3c2[nH]1.[HH].[HH]. The number of fused-ring (bicyclic) bond motifs is 3. The van der Waals surface area contributed by atoms with Crippen LogP contribution >= 0.6 is 0 Å². The van der Waals surface area contributed by atoms with Gasteiger partial charge < -0.3 is 20.0 Å². The number of pyridine rings is 1. The van der Waals surface area contributed by atoms with Gasteiger partial charge >= 0.3 is 6.09 Å². The van der Waals surface area contributed by atoms with E-state index in [2.05, 4.69) is 25.3 Å². The summed E-state index contributed by atoms with van der Waals surface area (Å²) in [6.45, 7) is 0.624. The van der Waals surface area contributed by atoms with Crippen molar-refractivity contribution in [2.75, 3.05) is 6.61 Å². The summed E-state index contributed by atoms with van der Waals surface area (Å²) in [4.78, 5) is 36.3. The summed E-state index contributed by atoms with van der Waals surface area (Å²) in [5.41, 5.74) is 1.97. The highest BCUT2D eigenvalue weighted by Crippen LogP contribution is 2.28. The normalized spacial score (nSPS) is 17.1. The van der Waals surface area contributed by atoms with Crippen LogP contribution in [-0.2, 0) is 4.74 Å². The number of carbonyl (C=O) groups is 1. The zero-order valence-corrected chi connectivity index (χ0v) is 15.7. The molecule has 0 spiro atoms. The van der Waals surface area contributed by atoms with Crippen molar-refractivity contribution in [2.45, 2.75) is 51.0 Å². The summed E-state index contributed by atoms with van der Waals surface area (Å²) in [6.07, 6.45) is 13.0. The van der Waals surface area contributed by atoms with Gasteiger partial charge in [0.2, 0.25) is 0 Å². The first-order chi connectivity index (χ1) is 13.7. The summed E-state index contributed by atoms with van der Waals surface area (Å²) in [6, 6.07) is 2.23. The van der Waals surface area contributed by atoms with Crippen LogP contribution in [0.2, 0.25) is 0 Å². The van der Waals surface area contributed by atoms with Crippen LogP contribution in [0.3, 0.4) is 0 Å². The van der Waals surface area contributed by atoms with E-state index >= 15 is 0 Å². The lowest BCUT2D eigenvalue weighted by Gasteiger charge is -2.22. The van der Waals surface area contributed by atoms with E-state index in [1.165, 1.54) is 38.3 Å². The van der Waals surface area contributed by atoms with Gasteiger partial charge in [-0.3, -0.25) is 4.79 Å². The van der Waals surface area contributed by atoms with Crippen molar-refractivity contribution in [3.05, 3.63) is 35.0 Å². The van der Waals surface area contributed by atoms with Crippen LogP contribution in [0.15, 0.2) is 29.5 Å². The van der Waals surface area contributed by atoms with Crippen LogP contribution in [0, 0.1) is 5.92 Å².